The number of carboxylic acids is 1. The molecule has 4 aromatic rings. The fourth-order valence-corrected chi connectivity index (χ4v) is 3.83. The molecule has 3 aromatic carbocycles. The normalized spacial score (nSPS) is 10.2. The Morgan fingerprint density at radius 1 is 0.919 bits per heavy atom. The number of ether oxygens (including phenoxy) is 2. The molecule has 37 heavy (non-hydrogen) atoms. The van der Waals surface area contributed by atoms with E-state index < -0.39 is 24.0 Å². The van der Waals surface area contributed by atoms with Gasteiger partial charge in [-0.3, -0.25) is 9.53 Å². The van der Waals surface area contributed by atoms with Crippen molar-refractivity contribution in [3.63, 3.8) is 0 Å². The van der Waals surface area contributed by atoms with E-state index in [0.29, 0.717) is 18.1 Å². The molecule has 1 heterocycles. The van der Waals surface area contributed by atoms with E-state index in [-0.39, 0.29) is 65.7 Å². The molecule has 11 heteroatoms. The number of carbonyl (C=O) groups excluding carboxylic acids is 1. The van der Waals surface area contributed by atoms with Crippen LogP contribution in [0.25, 0.3) is 11.1 Å². The first-order valence-corrected chi connectivity index (χ1v) is 10.8. The van der Waals surface area contributed by atoms with Crippen molar-refractivity contribution in [2.45, 2.75) is 27.0 Å². The van der Waals surface area contributed by atoms with Crippen molar-refractivity contribution < 1.29 is 83.0 Å². The monoisotopic (exact) mass is 520 g/mol. The number of nitrogens with zero attached hydrogens (tertiary/aromatic N) is 2. The Bertz CT molecular complexity index is 1450. The van der Waals surface area contributed by atoms with E-state index in [9.17, 15) is 19.5 Å². The molecule has 0 saturated heterocycles. The third-order valence-corrected chi connectivity index (χ3v) is 5.32. The molecule has 0 atom stereocenters. The van der Waals surface area contributed by atoms with Crippen LogP contribution in [0.15, 0.2) is 74.8 Å². The van der Waals surface area contributed by atoms with Crippen molar-refractivity contribution in [3.8, 4) is 22.6 Å². The van der Waals surface area contributed by atoms with Crippen LogP contribution in [0, 0.1) is 13.8 Å². The van der Waals surface area contributed by atoms with Crippen molar-refractivity contribution in [3.05, 3.63) is 104 Å². The van der Waals surface area contributed by atoms with Gasteiger partial charge in [-0.15, -0.1) is 0 Å². The molecule has 0 aliphatic carbocycles. The second-order valence-electron chi connectivity index (χ2n) is 8.01. The Kier molecular flexibility index (Phi) is 11.5. The molecule has 0 amide bonds. The average molecular weight is 520 g/mol. The van der Waals surface area contributed by atoms with Crippen LogP contribution in [0.5, 0.6) is 11.5 Å². The molecular formula is C26H22N2Na2O7. The number of aromatic nitrogens is 2. The van der Waals surface area contributed by atoms with Crippen LogP contribution in [0.3, 0.4) is 0 Å². The SMILES string of the molecule is Cc1cc(OCC(=O)[O-])cc(C)c1-c1cccc(COc2ccc(Cn3oc(=O)[n-]c3=O)cc2)c1.[Na+].[Na+]. The standard InChI is InChI=1S/C26H24N2O7.2Na/c1-16-10-22(34-15-23(29)30)11-17(2)24(16)20-5-3-4-19(12-20)14-33-21-8-6-18(7-9-21)13-28-25(31)27-26(32)35-28;;/h3-12H,13-15H2,1-2H3,(H2,27,29,30,31,32);;/q;2*+1/p-2. The largest absolute Gasteiger partial charge is 1.00 e. The summed E-state index contributed by atoms with van der Waals surface area (Å²) in [5.74, 6) is -1.05. The summed E-state index contributed by atoms with van der Waals surface area (Å²) in [4.78, 5) is 36.4. The summed E-state index contributed by atoms with van der Waals surface area (Å²) in [6, 6.07) is 18.7. The molecule has 180 valence electrons. The van der Waals surface area contributed by atoms with Crippen LogP contribution >= 0.6 is 0 Å². The predicted molar refractivity (Wildman–Crippen MR) is 124 cm³/mol. The van der Waals surface area contributed by atoms with Crippen LogP contribution in [0.1, 0.15) is 22.3 Å². The van der Waals surface area contributed by atoms with Gasteiger partial charge in [0.05, 0.1) is 5.97 Å². The van der Waals surface area contributed by atoms with E-state index in [4.69, 9.17) is 14.0 Å². The molecule has 4 rings (SSSR count). The number of carbonyl (C=O) groups is 1. The first-order chi connectivity index (χ1) is 16.8. The summed E-state index contributed by atoms with van der Waals surface area (Å²) in [5, 5.41) is 10.7. The van der Waals surface area contributed by atoms with Gasteiger partial charge in [0, 0.05) is 6.54 Å². The molecule has 0 aliphatic rings. The Balaban J connectivity index is 0.00000241. The summed E-state index contributed by atoms with van der Waals surface area (Å²) in [5.41, 5.74) is 4.98. The number of rotatable bonds is 9. The van der Waals surface area contributed by atoms with E-state index in [0.717, 1.165) is 38.1 Å². The number of benzene rings is 3. The molecule has 0 saturated carbocycles. The average Bonchev–Trinajstić information content (AvgIpc) is 3.13. The number of hydrogen-bond donors (Lipinski definition) is 0. The van der Waals surface area contributed by atoms with Crippen molar-refractivity contribution in [1.29, 1.82) is 0 Å². The maximum absolute atomic E-state index is 11.5. The van der Waals surface area contributed by atoms with Crippen LogP contribution in [0.2, 0.25) is 0 Å². The third kappa shape index (κ3) is 8.23. The summed E-state index contributed by atoms with van der Waals surface area (Å²) in [6.45, 7) is 3.85. The van der Waals surface area contributed by atoms with E-state index >= 15 is 0 Å². The van der Waals surface area contributed by atoms with E-state index in [2.05, 4.69) is 4.98 Å². The van der Waals surface area contributed by atoms with Crippen molar-refractivity contribution in [1.82, 2.24) is 9.72 Å². The molecule has 0 spiro atoms. The molecular weight excluding hydrogens is 498 g/mol. The van der Waals surface area contributed by atoms with Gasteiger partial charge in [-0.2, -0.15) is 0 Å². The summed E-state index contributed by atoms with van der Waals surface area (Å²) >= 11 is 0. The van der Waals surface area contributed by atoms with Gasteiger partial charge in [0.25, 0.3) is 0 Å². The minimum absolute atomic E-state index is 0. The van der Waals surface area contributed by atoms with Crippen LogP contribution in [0.4, 0.5) is 0 Å². The fourth-order valence-electron chi connectivity index (χ4n) is 3.83. The molecule has 9 nitrogen and oxygen atoms in total. The Morgan fingerprint density at radius 3 is 2.19 bits per heavy atom. The van der Waals surface area contributed by atoms with Gasteiger partial charge in [0.2, 0.25) is 0 Å². The van der Waals surface area contributed by atoms with Crippen molar-refractivity contribution >= 4 is 5.97 Å². The third-order valence-electron chi connectivity index (χ3n) is 5.32. The zero-order valence-corrected chi connectivity index (χ0v) is 25.1. The molecule has 1 aromatic heterocycles. The minimum Gasteiger partial charge on any atom is -0.546 e. The summed E-state index contributed by atoms with van der Waals surface area (Å²) in [7, 11) is 0. The predicted octanol–water partition coefficient (Wildman–Crippen LogP) is -4.19. The molecule has 0 aliphatic heterocycles. The summed E-state index contributed by atoms with van der Waals surface area (Å²) in [6.07, 6.45) is 0. The quantitative estimate of drug-likeness (QED) is 0.204. The summed E-state index contributed by atoms with van der Waals surface area (Å²) < 4.78 is 16.8. The fraction of sp³-hybridized carbons (Fsp3) is 0.192. The molecule has 0 unspecified atom stereocenters. The topological polar surface area (TPSA) is 125 Å². The number of hydrogen-bond acceptors (Lipinski definition) is 7. The number of aliphatic carboxylic acids is 1. The van der Waals surface area contributed by atoms with Crippen LogP contribution < -0.4 is 90.1 Å². The van der Waals surface area contributed by atoms with Gasteiger partial charge in [0.1, 0.15) is 24.7 Å². The maximum Gasteiger partial charge on any atom is 1.00 e. The van der Waals surface area contributed by atoms with Gasteiger partial charge in [-0.05, 0) is 77.6 Å². The van der Waals surface area contributed by atoms with E-state index in [1.54, 1.807) is 36.4 Å². The van der Waals surface area contributed by atoms with E-state index in [1.165, 1.54) is 0 Å². The molecule has 0 N–H and O–H groups in total. The van der Waals surface area contributed by atoms with Gasteiger partial charge < -0.3 is 28.9 Å². The van der Waals surface area contributed by atoms with Crippen molar-refractivity contribution in [2.75, 3.05) is 6.61 Å². The molecule has 0 bridgehead atoms. The van der Waals surface area contributed by atoms with Gasteiger partial charge in [0.15, 0.2) is 5.69 Å². The number of carboxylic acid groups (broad SMARTS) is 1. The molecule has 0 radical (unpaired) electrons. The van der Waals surface area contributed by atoms with Crippen LogP contribution in [-0.4, -0.2) is 17.3 Å². The smallest absolute Gasteiger partial charge is 0.546 e. The van der Waals surface area contributed by atoms with Gasteiger partial charge in [-0.1, -0.05) is 30.3 Å². The second-order valence-corrected chi connectivity index (χ2v) is 8.01. The second kappa shape index (κ2) is 13.9. The Hall–Kier alpha value is -2.53. The van der Waals surface area contributed by atoms with Gasteiger partial charge >= 0.3 is 64.9 Å². The van der Waals surface area contributed by atoms with E-state index in [1.807, 2.05) is 38.1 Å². The Labute approximate surface area is 257 Å². The molecule has 0 fully saturated rings. The minimum atomic E-state index is -1.27. The van der Waals surface area contributed by atoms with Crippen LogP contribution in [-0.2, 0) is 17.9 Å². The maximum atomic E-state index is 11.5. The number of aryl methyl sites for hydroxylation is 2. The zero-order chi connectivity index (χ0) is 24.9. The zero-order valence-electron chi connectivity index (χ0n) is 21.1. The Morgan fingerprint density at radius 2 is 1.59 bits per heavy atom. The first kappa shape index (κ1) is 30.7. The first-order valence-electron chi connectivity index (χ1n) is 10.8. The van der Waals surface area contributed by atoms with Crippen molar-refractivity contribution in [2.24, 2.45) is 0 Å². The van der Waals surface area contributed by atoms with Gasteiger partial charge in [-0.25, -0.2) is 4.79 Å².